The molecule has 1 amide bonds. The number of likely N-dealkylation sites (tertiary alicyclic amines) is 1. The number of nitrogens with one attached hydrogen (secondary N) is 1. The van der Waals surface area contributed by atoms with Crippen LogP contribution in [0.1, 0.15) is 12.8 Å². The fraction of sp³-hybridized carbons (Fsp3) is 0.611. The molecule has 1 aromatic rings. The van der Waals surface area contributed by atoms with Crippen LogP contribution in [0.4, 0.5) is 5.69 Å². The number of hydrogen-bond acceptors (Lipinski definition) is 5. The van der Waals surface area contributed by atoms with Crippen LogP contribution in [-0.2, 0) is 4.79 Å². The van der Waals surface area contributed by atoms with Crippen LogP contribution in [0.3, 0.4) is 0 Å². The van der Waals surface area contributed by atoms with Gasteiger partial charge in [-0.3, -0.25) is 4.79 Å². The van der Waals surface area contributed by atoms with E-state index in [1.165, 1.54) is 0 Å². The minimum Gasteiger partial charge on any atom is -0.497 e. The third-order valence-electron chi connectivity index (χ3n) is 5.10. The van der Waals surface area contributed by atoms with Crippen molar-refractivity contribution in [2.45, 2.75) is 18.9 Å². The lowest BCUT2D eigenvalue weighted by Crippen LogP contribution is -2.58. The summed E-state index contributed by atoms with van der Waals surface area (Å²) < 4.78 is 5.20. The number of carbonyl (C=O) groups is 1. The molecule has 2 N–H and O–H groups in total. The number of aliphatic hydroxyl groups excluding tert-OH is 1. The number of amides is 1. The third-order valence-corrected chi connectivity index (χ3v) is 5.10. The summed E-state index contributed by atoms with van der Waals surface area (Å²) in [5, 5.41) is 12.6. The van der Waals surface area contributed by atoms with E-state index in [0.717, 1.165) is 50.5 Å². The van der Waals surface area contributed by atoms with Crippen molar-refractivity contribution in [3.63, 3.8) is 0 Å². The number of rotatable bonds is 4. The molecule has 24 heavy (non-hydrogen) atoms. The van der Waals surface area contributed by atoms with Gasteiger partial charge in [0.2, 0.25) is 5.91 Å². The van der Waals surface area contributed by atoms with Crippen molar-refractivity contribution in [2.75, 3.05) is 51.3 Å². The topological polar surface area (TPSA) is 65.0 Å². The molecule has 2 heterocycles. The summed E-state index contributed by atoms with van der Waals surface area (Å²) in [6, 6.07) is 7.82. The smallest absolute Gasteiger partial charge is 0.241 e. The van der Waals surface area contributed by atoms with Gasteiger partial charge in [0, 0.05) is 45.0 Å². The number of benzene rings is 1. The molecular formula is C18H27N3O3. The summed E-state index contributed by atoms with van der Waals surface area (Å²) in [6.45, 7) is 4.12. The lowest BCUT2D eigenvalue weighted by molar-refractivity contribution is -0.135. The SMILES string of the molecule is COc1ccc(N2CCN[C@H](C(=O)N3CCC(CO)CC3)C2)cc1. The summed E-state index contributed by atoms with van der Waals surface area (Å²) in [5.74, 6) is 1.38. The molecule has 2 fully saturated rings. The highest BCUT2D eigenvalue weighted by molar-refractivity contribution is 5.83. The van der Waals surface area contributed by atoms with Gasteiger partial charge in [-0.2, -0.15) is 0 Å². The first-order chi connectivity index (χ1) is 11.7. The zero-order chi connectivity index (χ0) is 16.9. The van der Waals surface area contributed by atoms with E-state index >= 15 is 0 Å². The predicted molar refractivity (Wildman–Crippen MR) is 93.4 cm³/mol. The van der Waals surface area contributed by atoms with Crippen molar-refractivity contribution in [3.8, 4) is 5.75 Å². The van der Waals surface area contributed by atoms with E-state index in [2.05, 4.69) is 10.2 Å². The normalized spacial score (nSPS) is 22.5. The number of aliphatic hydroxyl groups is 1. The minimum atomic E-state index is -0.161. The van der Waals surface area contributed by atoms with Gasteiger partial charge < -0.3 is 25.0 Å². The van der Waals surface area contributed by atoms with E-state index < -0.39 is 0 Å². The van der Waals surface area contributed by atoms with Crippen molar-refractivity contribution in [3.05, 3.63) is 24.3 Å². The molecule has 0 saturated carbocycles. The fourth-order valence-corrected chi connectivity index (χ4v) is 3.50. The van der Waals surface area contributed by atoms with Crippen LogP contribution in [0.25, 0.3) is 0 Å². The molecule has 3 rings (SSSR count). The van der Waals surface area contributed by atoms with E-state index in [9.17, 15) is 9.90 Å². The summed E-state index contributed by atoms with van der Waals surface area (Å²) in [5.41, 5.74) is 1.12. The molecule has 2 aliphatic rings. The predicted octanol–water partition coefficient (Wildman–Crippen LogP) is 0.704. The molecule has 6 heteroatoms. The second-order valence-corrected chi connectivity index (χ2v) is 6.60. The van der Waals surface area contributed by atoms with Crippen LogP contribution in [0.15, 0.2) is 24.3 Å². The number of carbonyl (C=O) groups excluding carboxylic acids is 1. The second-order valence-electron chi connectivity index (χ2n) is 6.60. The molecule has 1 aromatic carbocycles. The first-order valence-corrected chi connectivity index (χ1v) is 8.73. The number of piperazine rings is 1. The van der Waals surface area contributed by atoms with Crippen LogP contribution in [-0.4, -0.2) is 68.4 Å². The molecule has 132 valence electrons. The van der Waals surface area contributed by atoms with Gasteiger partial charge in [0.05, 0.1) is 7.11 Å². The molecule has 0 aromatic heterocycles. The van der Waals surface area contributed by atoms with Crippen molar-refractivity contribution in [2.24, 2.45) is 5.92 Å². The summed E-state index contributed by atoms with van der Waals surface area (Å²) in [6.07, 6.45) is 1.80. The zero-order valence-corrected chi connectivity index (χ0v) is 14.3. The Morgan fingerprint density at radius 1 is 1.25 bits per heavy atom. The second kappa shape index (κ2) is 7.85. The molecule has 0 spiro atoms. The average Bonchev–Trinajstić information content (AvgIpc) is 2.67. The van der Waals surface area contributed by atoms with E-state index in [1.54, 1.807) is 7.11 Å². The van der Waals surface area contributed by atoms with Gasteiger partial charge >= 0.3 is 0 Å². The number of hydrogen-bond donors (Lipinski definition) is 2. The maximum absolute atomic E-state index is 12.8. The number of methoxy groups -OCH3 is 1. The zero-order valence-electron chi connectivity index (χ0n) is 14.3. The summed E-state index contributed by atoms with van der Waals surface area (Å²) in [7, 11) is 1.66. The van der Waals surface area contributed by atoms with Crippen LogP contribution in [0.5, 0.6) is 5.75 Å². The summed E-state index contributed by atoms with van der Waals surface area (Å²) >= 11 is 0. The van der Waals surface area contributed by atoms with Gasteiger partial charge in [0.15, 0.2) is 0 Å². The summed E-state index contributed by atoms with van der Waals surface area (Å²) in [4.78, 5) is 17.0. The van der Waals surface area contributed by atoms with Crippen molar-refractivity contribution in [1.29, 1.82) is 0 Å². The van der Waals surface area contributed by atoms with Gasteiger partial charge in [0.25, 0.3) is 0 Å². The van der Waals surface area contributed by atoms with E-state index in [0.29, 0.717) is 12.5 Å². The molecule has 0 bridgehead atoms. The monoisotopic (exact) mass is 333 g/mol. The Bertz CT molecular complexity index is 541. The van der Waals surface area contributed by atoms with E-state index in [4.69, 9.17) is 4.74 Å². The van der Waals surface area contributed by atoms with Crippen LogP contribution in [0, 0.1) is 5.92 Å². The van der Waals surface area contributed by atoms with Gasteiger partial charge in [-0.05, 0) is 43.0 Å². The van der Waals surface area contributed by atoms with Crippen LogP contribution in [0.2, 0.25) is 0 Å². The van der Waals surface area contributed by atoms with Gasteiger partial charge in [-0.15, -0.1) is 0 Å². The molecule has 0 aliphatic carbocycles. The van der Waals surface area contributed by atoms with Gasteiger partial charge in [-0.1, -0.05) is 0 Å². The number of nitrogens with zero attached hydrogens (tertiary/aromatic N) is 2. The molecule has 1 atom stereocenters. The maximum Gasteiger partial charge on any atom is 0.241 e. The third kappa shape index (κ3) is 3.82. The molecule has 2 aliphatic heterocycles. The first-order valence-electron chi connectivity index (χ1n) is 8.73. The Morgan fingerprint density at radius 3 is 2.58 bits per heavy atom. The lowest BCUT2D eigenvalue weighted by atomic mass is 9.97. The lowest BCUT2D eigenvalue weighted by Gasteiger charge is -2.39. The fourth-order valence-electron chi connectivity index (χ4n) is 3.50. The van der Waals surface area contributed by atoms with Crippen molar-refractivity contribution in [1.82, 2.24) is 10.2 Å². The largest absolute Gasteiger partial charge is 0.497 e. The van der Waals surface area contributed by atoms with Gasteiger partial charge in [-0.25, -0.2) is 0 Å². The van der Waals surface area contributed by atoms with Gasteiger partial charge in [0.1, 0.15) is 11.8 Å². The Morgan fingerprint density at radius 2 is 1.96 bits per heavy atom. The molecule has 0 unspecified atom stereocenters. The molecular weight excluding hydrogens is 306 g/mol. The maximum atomic E-state index is 12.8. The highest BCUT2D eigenvalue weighted by atomic mass is 16.5. The molecule has 2 saturated heterocycles. The minimum absolute atomic E-state index is 0.161. The van der Waals surface area contributed by atoms with E-state index in [1.807, 2.05) is 29.2 Å². The highest BCUT2D eigenvalue weighted by Gasteiger charge is 2.31. The Kier molecular flexibility index (Phi) is 5.58. The number of ether oxygens (including phenoxy) is 1. The average molecular weight is 333 g/mol. The highest BCUT2D eigenvalue weighted by Crippen LogP contribution is 2.22. The van der Waals surface area contributed by atoms with E-state index in [-0.39, 0.29) is 18.6 Å². The standard InChI is InChI=1S/C18H27N3O3/c1-24-16-4-2-15(3-5-16)21-11-8-19-17(12-21)18(23)20-9-6-14(13-22)7-10-20/h2-5,14,17,19,22H,6-13H2,1H3/t17-/m0/s1. The number of piperidine rings is 1. The number of anilines is 1. The van der Waals surface area contributed by atoms with Crippen molar-refractivity contribution < 1.29 is 14.6 Å². The van der Waals surface area contributed by atoms with Crippen LogP contribution >= 0.6 is 0 Å². The Balaban J connectivity index is 1.59. The molecule has 6 nitrogen and oxygen atoms in total. The quantitative estimate of drug-likeness (QED) is 0.849. The van der Waals surface area contributed by atoms with Crippen molar-refractivity contribution >= 4 is 11.6 Å². The molecule has 0 radical (unpaired) electrons. The van der Waals surface area contributed by atoms with Crippen LogP contribution < -0.4 is 15.0 Å². The Labute approximate surface area is 143 Å². The Hall–Kier alpha value is -1.79. The first kappa shape index (κ1) is 17.0.